The van der Waals surface area contributed by atoms with Gasteiger partial charge in [0.25, 0.3) is 0 Å². The Morgan fingerprint density at radius 2 is 2.10 bits per heavy atom. The van der Waals surface area contributed by atoms with Crippen molar-refractivity contribution in [1.29, 1.82) is 0 Å². The summed E-state index contributed by atoms with van der Waals surface area (Å²) < 4.78 is 0. The lowest BCUT2D eigenvalue weighted by Gasteiger charge is -2.39. The highest BCUT2D eigenvalue weighted by molar-refractivity contribution is 5.82. The minimum absolute atomic E-state index is 0.204. The van der Waals surface area contributed by atoms with Gasteiger partial charge in [-0.15, -0.1) is 0 Å². The van der Waals surface area contributed by atoms with Crippen molar-refractivity contribution in [3.8, 4) is 0 Å². The molecule has 2 heterocycles. The van der Waals surface area contributed by atoms with Gasteiger partial charge in [0.1, 0.15) is 0 Å². The first-order valence-corrected chi connectivity index (χ1v) is 7.36. The molecule has 3 rings (SSSR count). The van der Waals surface area contributed by atoms with E-state index in [1.165, 1.54) is 10.9 Å². The lowest BCUT2D eigenvalue weighted by molar-refractivity contribution is 0.149. The SMILES string of the molecule is Cc1cc(CN2CCNC(C)(C)C2)c2ccccc2n1. The van der Waals surface area contributed by atoms with E-state index in [0.717, 1.165) is 37.4 Å². The quantitative estimate of drug-likeness (QED) is 0.908. The second-order valence-electron chi connectivity index (χ2n) is 6.46. The van der Waals surface area contributed by atoms with Crippen molar-refractivity contribution in [2.75, 3.05) is 19.6 Å². The molecule has 0 spiro atoms. The van der Waals surface area contributed by atoms with Gasteiger partial charge in [-0.25, -0.2) is 0 Å². The van der Waals surface area contributed by atoms with Crippen LogP contribution in [0.2, 0.25) is 0 Å². The fraction of sp³-hybridized carbons (Fsp3) is 0.471. The van der Waals surface area contributed by atoms with E-state index in [-0.39, 0.29) is 5.54 Å². The summed E-state index contributed by atoms with van der Waals surface area (Å²) in [6, 6.07) is 10.7. The maximum absolute atomic E-state index is 4.63. The number of aromatic nitrogens is 1. The van der Waals surface area contributed by atoms with Crippen molar-refractivity contribution in [2.45, 2.75) is 32.9 Å². The van der Waals surface area contributed by atoms with Crippen molar-refractivity contribution < 1.29 is 0 Å². The third-order valence-corrected chi connectivity index (χ3v) is 3.97. The topological polar surface area (TPSA) is 28.2 Å². The maximum Gasteiger partial charge on any atom is 0.0708 e. The molecular formula is C17H23N3. The summed E-state index contributed by atoms with van der Waals surface area (Å²) in [5.41, 5.74) is 3.81. The number of benzene rings is 1. The lowest BCUT2D eigenvalue weighted by atomic mass is 10.0. The van der Waals surface area contributed by atoms with Crippen LogP contribution in [0.15, 0.2) is 30.3 Å². The van der Waals surface area contributed by atoms with E-state index in [4.69, 9.17) is 0 Å². The molecule has 0 bridgehead atoms. The van der Waals surface area contributed by atoms with Gasteiger partial charge in [0.15, 0.2) is 0 Å². The van der Waals surface area contributed by atoms with Crippen LogP contribution in [0, 0.1) is 6.92 Å². The van der Waals surface area contributed by atoms with E-state index in [9.17, 15) is 0 Å². The molecule has 106 valence electrons. The number of nitrogens with one attached hydrogen (secondary N) is 1. The minimum atomic E-state index is 0.204. The van der Waals surface area contributed by atoms with Gasteiger partial charge in [-0.3, -0.25) is 9.88 Å². The van der Waals surface area contributed by atoms with E-state index in [2.05, 4.69) is 66.3 Å². The molecule has 3 heteroatoms. The Morgan fingerprint density at radius 3 is 2.90 bits per heavy atom. The molecule has 0 radical (unpaired) electrons. The molecule has 1 aromatic carbocycles. The Labute approximate surface area is 121 Å². The standard InChI is InChI=1S/C17H23N3/c1-13-10-14(15-6-4-5-7-16(15)19-13)11-20-9-8-18-17(2,3)12-20/h4-7,10,18H,8-9,11-12H2,1-3H3. The Morgan fingerprint density at radius 1 is 1.30 bits per heavy atom. The minimum Gasteiger partial charge on any atom is -0.309 e. The first-order chi connectivity index (χ1) is 9.53. The zero-order valence-corrected chi connectivity index (χ0v) is 12.6. The number of aryl methyl sites for hydroxylation is 1. The summed E-state index contributed by atoms with van der Waals surface area (Å²) in [4.78, 5) is 7.17. The number of hydrogen-bond acceptors (Lipinski definition) is 3. The van der Waals surface area contributed by atoms with E-state index in [0.29, 0.717) is 0 Å². The highest BCUT2D eigenvalue weighted by atomic mass is 15.2. The molecule has 3 nitrogen and oxygen atoms in total. The first kappa shape index (κ1) is 13.5. The molecule has 1 aromatic heterocycles. The van der Waals surface area contributed by atoms with Crippen molar-refractivity contribution >= 4 is 10.9 Å². The monoisotopic (exact) mass is 269 g/mol. The number of fused-ring (bicyclic) bond motifs is 1. The average Bonchev–Trinajstić information content (AvgIpc) is 2.37. The third-order valence-electron chi connectivity index (χ3n) is 3.97. The van der Waals surface area contributed by atoms with Crippen LogP contribution in [-0.4, -0.2) is 35.1 Å². The predicted octanol–water partition coefficient (Wildman–Crippen LogP) is 2.73. The Hall–Kier alpha value is -1.45. The number of para-hydroxylation sites is 1. The smallest absolute Gasteiger partial charge is 0.0708 e. The van der Waals surface area contributed by atoms with Crippen LogP contribution in [-0.2, 0) is 6.54 Å². The van der Waals surface area contributed by atoms with Crippen LogP contribution in [0.4, 0.5) is 0 Å². The molecule has 0 saturated carbocycles. The number of piperazine rings is 1. The lowest BCUT2D eigenvalue weighted by Crippen LogP contribution is -2.56. The predicted molar refractivity (Wildman–Crippen MR) is 83.8 cm³/mol. The molecule has 0 amide bonds. The number of pyridine rings is 1. The fourth-order valence-electron chi connectivity index (χ4n) is 3.15. The summed E-state index contributed by atoms with van der Waals surface area (Å²) in [6.45, 7) is 10.9. The highest BCUT2D eigenvalue weighted by Gasteiger charge is 2.25. The van der Waals surface area contributed by atoms with E-state index < -0.39 is 0 Å². The Kier molecular flexibility index (Phi) is 3.48. The van der Waals surface area contributed by atoms with Crippen molar-refractivity contribution in [3.05, 3.63) is 41.6 Å². The van der Waals surface area contributed by atoms with Gasteiger partial charge in [0.05, 0.1) is 5.52 Å². The second-order valence-corrected chi connectivity index (χ2v) is 6.46. The van der Waals surface area contributed by atoms with Crippen LogP contribution >= 0.6 is 0 Å². The molecule has 0 atom stereocenters. The molecule has 1 aliphatic heterocycles. The molecule has 2 aromatic rings. The molecular weight excluding hydrogens is 246 g/mol. The highest BCUT2D eigenvalue weighted by Crippen LogP contribution is 2.21. The van der Waals surface area contributed by atoms with E-state index in [1.807, 2.05) is 0 Å². The normalized spacial score (nSPS) is 19.4. The van der Waals surface area contributed by atoms with Gasteiger partial charge in [0, 0.05) is 42.8 Å². The molecule has 1 fully saturated rings. The van der Waals surface area contributed by atoms with Gasteiger partial charge in [-0.2, -0.15) is 0 Å². The zero-order chi connectivity index (χ0) is 14.2. The van der Waals surface area contributed by atoms with Gasteiger partial charge < -0.3 is 5.32 Å². The van der Waals surface area contributed by atoms with Gasteiger partial charge in [-0.05, 0) is 38.5 Å². The summed E-state index contributed by atoms with van der Waals surface area (Å²) in [7, 11) is 0. The zero-order valence-electron chi connectivity index (χ0n) is 12.6. The number of nitrogens with zero attached hydrogens (tertiary/aromatic N) is 2. The number of hydrogen-bond donors (Lipinski definition) is 1. The van der Waals surface area contributed by atoms with Crippen LogP contribution in [0.1, 0.15) is 25.1 Å². The molecule has 0 aliphatic carbocycles. The van der Waals surface area contributed by atoms with Crippen LogP contribution < -0.4 is 5.32 Å². The largest absolute Gasteiger partial charge is 0.309 e. The van der Waals surface area contributed by atoms with Crippen LogP contribution in [0.25, 0.3) is 10.9 Å². The fourth-order valence-corrected chi connectivity index (χ4v) is 3.15. The molecule has 0 unspecified atom stereocenters. The van der Waals surface area contributed by atoms with Crippen LogP contribution in [0.5, 0.6) is 0 Å². The van der Waals surface area contributed by atoms with Gasteiger partial charge >= 0.3 is 0 Å². The van der Waals surface area contributed by atoms with E-state index >= 15 is 0 Å². The third kappa shape index (κ3) is 2.84. The summed E-state index contributed by atoms with van der Waals surface area (Å²) in [5, 5.41) is 4.86. The summed E-state index contributed by atoms with van der Waals surface area (Å²) in [5.74, 6) is 0. The van der Waals surface area contributed by atoms with Crippen molar-refractivity contribution in [2.24, 2.45) is 0 Å². The second kappa shape index (κ2) is 5.15. The number of rotatable bonds is 2. The van der Waals surface area contributed by atoms with Crippen LogP contribution in [0.3, 0.4) is 0 Å². The molecule has 1 N–H and O–H groups in total. The molecule has 1 saturated heterocycles. The summed E-state index contributed by atoms with van der Waals surface area (Å²) in [6.07, 6.45) is 0. The average molecular weight is 269 g/mol. The Bertz CT molecular complexity index is 619. The maximum atomic E-state index is 4.63. The molecule has 1 aliphatic rings. The first-order valence-electron chi connectivity index (χ1n) is 7.36. The van der Waals surface area contributed by atoms with Gasteiger partial charge in [-0.1, -0.05) is 18.2 Å². The summed E-state index contributed by atoms with van der Waals surface area (Å²) >= 11 is 0. The Balaban J connectivity index is 1.90. The van der Waals surface area contributed by atoms with Crippen molar-refractivity contribution in [1.82, 2.24) is 15.2 Å². The van der Waals surface area contributed by atoms with Crippen molar-refractivity contribution in [3.63, 3.8) is 0 Å². The van der Waals surface area contributed by atoms with Gasteiger partial charge in [0.2, 0.25) is 0 Å². The van der Waals surface area contributed by atoms with E-state index in [1.54, 1.807) is 0 Å². The molecule has 20 heavy (non-hydrogen) atoms.